The lowest BCUT2D eigenvalue weighted by Crippen LogP contribution is -2.54. The van der Waals surface area contributed by atoms with Crippen LogP contribution in [0.15, 0.2) is 48.5 Å². The summed E-state index contributed by atoms with van der Waals surface area (Å²) < 4.78 is 121. The normalized spacial score (nSPS) is 20.7. The van der Waals surface area contributed by atoms with Crippen LogP contribution in [0.2, 0.25) is 0 Å². The van der Waals surface area contributed by atoms with E-state index in [1.54, 1.807) is 6.07 Å². The number of benzene rings is 2. The molecule has 1 aliphatic heterocycles. The number of nitrogens with one attached hydrogen (secondary N) is 1. The van der Waals surface area contributed by atoms with Gasteiger partial charge in [0.25, 0.3) is 0 Å². The van der Waals surface area contributed by atoms with E-state index in [1.165, 1.54) is 38.1 Å². The van der Waals surface area contributed by atoms with Crippen molar-refractivity contribution in [1.82, 2.24) is 4.90 Å². The van der Waals surface area contributed by atoms with Crippen molar-refractivity contribution in [2.24, 2.45) is 5.41 Å². The van der Waals surface area contributed by atoms with Crippen molar-refractivity contribution in [3.05, 3.63) is 65.2 Å². The molecular formula is C23H21F9N2O. The molecule has 3 rings (SSSR count). The molecular weight excluding hydrogens is 491 g/mol. The molecule has 2 aromatic rings. The van der Waals surface area contributed by atoms with Crippen LogP contribution in [0.3, 0.4) is 0 Å². The molecule has 1 aliphatic rings. The minimum atomic E-state index is -5.15. The predicted molar refractivity (Wildman–Crippen MR) is 109 cm³/mol. The van der Waals surface area contributed by atoms with Gasteiger partial charge < -0.3 is 10.2 Å². The van der Waals surface area contributed by atoms with Crippen LogP contribution in [0.1, 0.15) is 43.4 Å². The molecule has 1 saturated heterocycles. The number of amides is 2. The lowest BCUT2D eigenvalue weighted by Gasteiger charge is -2.47. The average molecular weight is 512 g/mol. The van der Waals surface area contributed by atoms with Gasteiger partial charge in [-0.1, -0.05) is 44.2 Å². The summed E-state index contributed by atoms with van der Waals surface area (Å²) in [5.41, 5.74) is -7.09. The van der Waals surface area contributed by atoms with Gasteiger partial charge in [-0.05, 0) is 35.6 Å². The van der Waals surface area contributed by atoms with E-state index in [2.05, 4.69) is 0 Å². The van der Waals surface area contributed by atoms with E-state index in [-0.39, 0.29) is 24.6 Å². The first-order valence-corrected chi connectivity index (χ1v) is 10.4. The second-order valence-electron chi connectivity index (χ2n) is 9.03. The minimum Gasteiger partial charge on any atom is -0.314 e. The smallest absolute Gasteiger partial charge is 0.314 e. The van der Waals surface area contributed by atoms with Gasteiger partial charge in [0.1, 0.15) is 0 Å². The Morgan fingerprint density at radius 3 is 1.86 bits per heavy atom. The summed E-state index contributed by atoms with van der Waals surface area (Å²) in [6.07, 6.45) is -16.4. The number of carbonyl (C=O) groups excluding carboxylic acids is 1. The van der Waals surface area contributed by atoms with Gasteiger partial charge in [0, 0.05) is 12.2 Å². The zero-order valence-corrected chi connectivity index (χ0v) is 18.5. The fraction of sp³-hybridized carbons (Fsp3) is 0.435. The van der Waals surface area contributed by atoms with E-state index in [0.29, 0.717) is 12.1 Å². The zero-order valence-electron chi connectivity index (χ0n) is 18.5. The van der Waals surface area contributed by atoms with E-state index in [0.717, 1.165) is 4.90 Å². The molecule has 0 saturated carbocycles. The predicted octanol–water partition coefficient (Wildman–Crippen LogP) is 7.84. The summed E-state index contributed by atoms with van der Waals surface area (Å²) in [6.45, 7) is 2.87. The standard InChI is InChI=1S/C23H21F9N2O/c1-19(2)8-9-34(20(19,13-21(24,25)26)14-6-4-3-5-7-14)18(35)33-17-11-15(22(27,28)29)10-16(12-17)23(30,31)32/h3-7,10-12H,8-9,13H2,1-2H3,(H,33,35)/t20-/m1/s1. The number of halogens is 9. The Bertz CT molecular complexity index is 1040. The molecule has 1 fully saturated rings. The van der Waals surface area contributed by atoms with Crippen molar-refractivity contribution in [3.63, 3.8) is 0 Å². The van der Waals surface area contributed by atoms with Gasteiger partial charge in [-0.2, -0.15) is 39.5 Å². The van der Waals surface area contributed by atoms with Crippen LogP contribution in [0.4, 0.5) is 50.0 Å². The van der Waals surface area contributed by atoms with E-state index >= 15 is 0 Å². The molecule has 0 spiro atoms. The molecule has 2 amide bonds. The highest BCUT2D eigenvalue weighted by Gasteiger charge is 2.61. The molecule has 35 heavy (non-hydrogen) atoms. The molecule has 0 unspecified atom stereocenters. The third-order valence-electron chi connectivity index (χ3n) is 6.33. The maximum atomic E-state index is 13.8. The zero-order chi connectivity index (χ0) is 26.4. The highest BCUT2D eigenvalue weighted by Crippen LogP contribution is 2.57. The van der Waals surface area contributed by atoms with Gasteiger partial charge in [-0.3, -0.25) is 0 Å². The van der Waals surface area contributed by atoms with Gasteiger partial charge in [-0.15, -0.1) is 0 Å². The van der Waals surface area contributed by atoms with Crippen molar-refractivity contribution in [3.8, 4) is 0 Å². The Kier molecular flexibility index (Phi) is 6.58. The Hall–Kier alpha value is -2.92. The number of hydrogen-bond donors (Lipinski definition) is 1. The Balaban J connectivity index is 2.10. The molecule has 2 aromatic carbocycles. The number of rotatable bonds is 3. The molecule has 12 heteroatoms. The molecule has 0 bridgehead atoms. The van der Waals surface area contributed by atoms with Gasteiger partial charge >= 0.3 is 24.6 Å². The summed E-state index contributed by atoms with van der Waals surface area (Å²) in [7, 11) is 0. The van der Waals surface area contributed by atoms with Crippen LogP contribution in [-0.4, -0.2) is 23.7 Å². The van der Waals surface area contributed by atoms with Crippen LogP contribution in [0.25, 0.3) is 0 Å². The molecule has 1 atom stereocenters. The number of likely N-dealkylation sites (tertiary alicyclic amines) is 1. The van der Waals surface area contributed by atoms with Crippen molar-refractivity contribution in [2.45, 2.75) is 50.8 Å². The third kappa shape index (κ3) is 5.35. The number of carbonyl (C=O) groups is 1. The van der Waals surface area contributed by atoms with Crippen molar-refractivity contribution >= 4 is 11.7 Å². The molecule has 0 aromatic heterocycles. The van der Waals surface area contributed by atoms with Gasteiger partial charge in [0.15, 0.2) is 0 Å². The number of alkyl halides is 9. The van der Waals surface area contributed by atoms with Crippen LogP contribution in [0, 0.1) is 5.41 Å². The third-order valence-corrected chi connectivity index (χ3v) is 6.33. The quantitative estimate of drug-likeness (QED) is 0.418. The number of anilines is 1. The summed E-state index contributed by atoms with van der Waals surface area (Å²) in [5.74, 6) is 0. The first kappa shape index (κ1) is 26.7. The van der Waals surface area contributed by atoms with Crippen molar-refractivity contribution < 1.29 is 44.3 Å². The summed E-state index contributed by atoms with van der Waals surface area (Å²) in [4.78, 5) is 14.0. The average Bonchev–Trinajstić information content (AvgIpc) is 2.97. The highest BCUT2D eigenvalue weighted by molar-refractivity contribution is 5.90. The molecule has 1 heterocycles. The first-order chi connectivity index (χ1) is 15.9. The van der Waals surface area contributed by atoms with E-state index in [4.69, 9.17) is 0 Å². The minimum absolute atomic E-state index is 0.105. The Morgan fingerprint density at radius 1 is 0.886 bits per heavy atom. The summed E-state index contributed by atoms with van der Waals surface area (Å²) in [6, 6.07) is 6.63. The van der Waals surface area contributed by atoms with E-state index < -0.39 is 58.7 Å². The van der Waals surface area contributed by atoms with Gasteiger partial charge in [-0.25, -0.2) is 4.79 Å². The molecule has 192 valence electrons. The second-order valence-corrected chi connectivity index (χ2v) is 9.03. The maximum absolute atomic E-state index is 13.8. The van der Waals surface area contributed by atoms with E-state index in [9.17, 15) is 44.3 Å². The Labute approximate surface area is 194 Å². The first-order valence-electron chi connectivity index (χ1n) is 10.4. The van der Waals surface area contributed by atoms with Crippen LogP contribution < -0.4 is 5.32 Å². The largest absolute Gasteiger partial charge is 0.416 e. The second kappa shape index (κ2) is 8.63. The SMILES string of the molecule is CC1(C)CCN(C(=O)Nc2cc(C(F)(F)F)cc(C(F)(F)F)c2)[C@]1(CC(F)(F)F)c1ccccc1. The topological polar surface area (TPSA) is 32.3 Å². The van der Waals surface area contributed by atoms with Gasteiger partial charge in [0.05, 0.1) is 23.1 Å². The fourth-order valence-corrected chi connectivity index (χ4v) is 4.63. The maximum Gasteiger partial charge on any atom is 0.416 e. The summed E-state index contributed by atoms with van der Waals surface area (Å²) >= 11 is 0. The van der Waals surface area contributed by atoms with Crippen LogP contribution >= 0.6 is 0 Å². The number of nitrogens with zero attached hydrogens (tertiary/aromatic N) is 1. The van der Waals surface area contributed by atoms with E-state index in [1.807, 2.05) is 5.32 Å². The molecule has 1 N–H and O–H groups in total. The molecule has 3 nitrogen and oxygen atoms in total. The van der Waals surface area contributed by atoms with Crippen molar-refractivity contribution in [2.75, 3.05) is 11.9 Å². The van der Waals surface area contributed by atoms with Crippen LogP contribution in [0.5, 0.6) is 0 Å². The monoisotopic (exact) mass is 512 g/mol. The lowest BCUT2D eigenvalue weighted by molar-refractivity contribution is -0.169. The van der Waals surface area contributed by atoms with Crippen LogP contribution in [-0.2, 0) is 17.9 Å². The Morgan fingerprint density at radius 2 is 1.40 bits per heavy atom. The molecule has 0 aliphatic carbocycles. The number of hydrogen-bond acceptors (Lipinski definition) is 1. The number of urea groups is 1. The summed E-state index contributed by atoms with van der Waals surface area (Å²) in [5, 5.41) is 1.98. The lowest BCUT2D eigenvalue weighted by atomic mass is 9.67. The van der Waals surface area contributed by atoms with Crippen molar-refractivity contribution in [1.29, 1.82) is 0 Å². The highest BCUT2D eigenvalue weighted by atomic mass is 19.4. The van der Waals surface area contributed by atoms with Gasteiger partial charge in [0.2, 0.25) is 0 Å². The fourth-order valence-electron chi connectivity index (χ4n) is 4.63. The molecule has 0 radical (unpaired) electrons.